The van der Waals surface area contributed by atoms with Crippen LogP contribution in [0.25, 0.3) is 0 Å². The lowest BCUT2D eigenvalue weighted by Gasteiger charge is -2.15. The number of Topliss-reactive ketones (excluding diaryl/α,β-unsaturated/α-hetero) is 1. The van der Waals surface area contributed by atoms with E-state index in [9.17, 15) is 14.4 Å². The fourth-order valence-electron chi connectivity index (χ4n) is 2.87. The predicted molar refractivity (Wildman–Crippen MR) is 100.0 cm³/mol. The van der Waals surface area contributed by atoms with Gasteiger partial charge >= 0.3 is 5.97 Å². The molecule has 1 amide bonds. The third kappa shape index (κ3) is 4.73. The Morgan fingerprint density at radius 2 is 1.78 bits per heavy atom. The Kier molecular flexibility index (Phi) is 5.86. The van der Waals surface area contributed by atoms with E-state index in [-0.39, 0.29) is 24.9 Å². The van der Waals surface area contributed by atoms with Gasteiger partial charge in [-0.25, -0.2) is 4.79 Å². The fraction of sp³-hybridized carbons (Fsp3) is 0.286. The Morgan fingerprint density at radius 1 is 1.04 bits per heavy atom. The van der Waals surface area contributed by atoms with Crippen LogP contribution in [0.3, 0.4) is 0 Å². The van der Waals surface area contributed by atoms with Gasteiger partial charge in [0.25, 0.3) is 0 Å². The number of esters is 1. The van der Waals surface area contributed by atoms with Crippen LogP contribution in [0.1, 0.15) is 28.8 Å². The van der Waals surface area contributed by atoms with Gasteiger partial charge in [-0.1, -0.05) is 18.2 Å². The van der Waals surface area contributed by atoms with Crippen molar-refractivity contribution in [3.8, 4) is 5.75 Å². The highest BCUT2D eigenvalue weighted by molar-refractivity contribution is 5.99. The average molecular weight is 367 g/mol. The molecule has 0 radical (unpaired) electrons. The largest absolute Gasteiger partial charge is 0.482 e. The molecule has 0 aliphatic carbocycles. The predicted octanol–water partition coefficient (Wildman–Crippen LogP) is 2.93. The number of ether oxygens (including phenoxy) is 2. The number of carbonyl (C=O) groups is 3. The second-order valence-corrected chi connectivity index (χ2v) is 6.33. The summed E-state index contributed by atoms with van der Waals surface area (Å²) in [6, 6.07) is 14.1. The van der Waals surface area contributed by atoms with Gasteiger partial charge in [-0.15, -0.1) is 0 Å². The van der Waals surface area contributed by atoms with Gasteiger partial charge in [-0.2, -0.15) is 0 Å². The number of nitrogens with zero attached hydrogens (tertiary/aromatic N) is 1. The molecule has 1 saturated heterocycles. The lowest BCUT2D eigenvalue weighted by atomic mass is 10.1. The van der Waals surface area contributed by atoms with Crippen molar-refractivity contribution >= 4 is 23.3 Å². The Morgan fingerprint density at radius 3 is 2.44 bits per heavy atom. The van der Waals surface area contributed by atoms with Crippen LogP contribution >= 0.6 is 0 Å². The summed E-state index contributed by atoms with van der Waals surface area (Å²) in [5, 5.41) is 0. The van der Waals surface area contributed by atoms with Gasteiger partial charge in [-0.05, 0) is 49.2 Å². The highest BCUT2D eigenvalue weighted by Crippen LogP contribution is 2.21. The monoisotopic (exact) mass is 367 g/mol. The van der Waals surface area contributed by atoms with Crippen LogP contribution in [-0.2, 0) is 14.3 Å². The lowest BCUT2D eigenvalue weighted by molar-refractivity contribution is -0.144. The summed E-state index contributed by atoms with van der Waals surface area (Å²) in [5.41, 5.74) is 2.12. The molecule has 1 aliphatic heterocycles. The second-order valence-electron chi connectivity index (χ2n) is 6.33. The van der Waals surface area contributed by atoms with Crippen molar-refractivity contribution in [1.29, 1.82) is 0 Å². The first-order chi connectivity index (χ1) is 13.0. The molecule has 0 aromatic heterocycles. The zero-order valence-corrected chi connectivity index (χ0v) is 15.1. The van der Waals surface area contributed by atoms with Crippen molar-refractivity contribution in [2.24, 2.45) is 0 Å². The van der Waals surface area contributed by atoms with E-state index in [4.69, 9.17) is 9.47 Å². The van der Waals surface area contributed by atoms with Gasteiger partial charge in [0, 0.05) is 24.2 Å². The molecule has 0 N–H and O–H groups in total. The molecule has 0 unspecified atom stereocenters. The normalized spacial score (nSPS) is 13.5. The molecule has 6 nitrogen and oxygen atoms in total. The van der Waals surface area contributed by atoms with Crippen molar-refractivity contribution in [1.82, 2.24) is 0 Å². The molecule has 27 heavy (non-hydrogen) atoms. The van der Waals surface area contributed by atoms with E-state index >= 15 is 0 Å². The summed E-state index contributed by atoms with van der Waals surface area (Å²) >= 11 is 0. The third-order valence-electron chi connectivity index (χ3n) is 4.38. The van der Waals surface area contributed by atoms with E-state index in [0.717, 1.165) is 17.7 Å². The highest BCUT2D eigenvalue weighted by atomic mass is 16.6. The van der Waals surface area contributed by atoms with Crippen molar-refractivity contribution in [3.05, 3.63) is 59.7 Å². The number of hydrogen-bond acceptors (Lipinski definition) is 5. The molecule has 2 aromatic rings. The number of ketones is 1. The molecule has 2 aromatic carbocycles. The minimum absolute atomic E-state index is 0.0941. The summed E-state index contributed by atoms with van der Waals surface area (Å²) in [6.45, 7) is 1.97. The van der Waals surface area contributed by atoms with Crippen LogP contribution in [0, 0.1) is 6.92 Å². The SMILES string of the molecule is Cc1ccccc1OCC(=O)OCC(=O)c1ccc(N2CCCC2=O)cc1. The van der Waals surface area contributed by atoms with E-state index in [1.807, 2.05) is 25.1 Å². The molecule has 3 rings (SSSR count). The average Bonchev–Trinajstić information content (AvgIpc) is 3.11. The van der Waals surface area contributed by atoms with E-state index in [0.29, 0.717) is 24.3 Å². The maximum Gasteiger partial charge on any atom is 0.344 e. The van der Waals surface area contributed by atoms with Crippen LogP contribution < -0.4 is 9.64 Å². The number of amides is 1. The number of benzene rings is 2. The fourth-order valence-corrected chi connectivity index (χ4v) is 2.87. The number of para-hydroxylation sites is 1. The second kappa shape index (κ2) is 8.49. The van der Waals surface area contributed by atoms with Gasteiger partial charge in [0.1, 0.15) is 5.75 Å². The van der Waals surface area contributed by atoms with Crippen LogP contribution in [0.5, 0.6) is 5.75 Å². The highest BCUT2D eigenvalue weighted by Gasteiger charge is 2.21. The molecule has 1 fully saturated rings. The van der Waals surface area contributed by atoms with Crippen LogP contribution in [-0.4, -0.2) is 37.4 Å². The number of carbonyl (C=O) groups excluding carboxylic acids is 3. The summed E-state index contributed by atoms with van der Waals surface area (Å²) in [4.78, 5) is 37.4. The maximum absolute atomic E-state index is 12.2. The van der Waals surface area contributed by atoms with Gasteiger partial charge < -0.3 is 14.4 Å². The van der Waals surface area contributed by atoms with Crippen molar-refractivity contribution in [2.45, 2.75) is 19.8 Å². The summed E-state index contributed by atoms with van der Waals surface area (Å²) in [5.74, 6) is -0.214. The van der Waals surface area contributed by atoms with Gasteiger partial charge in [0.2, 0.25) is 5.91 Å². The minimum atomic E-state index is -0.606. The summed E-state index contributed by atoms with van der Waals surface area (Å²) < 4.78 is 10.4. The first kappa shape index (κ1) is 18.6. The Labute approximate surface area is 157 Å². The molecule has 0 spiro atoms. The van der Waals surface area contributed by atoms with E-state index in [1.165, 1.54) is 0 Å². The molecule has 0 bridgehead atoms. The molecule has 0 atom stereocenters. The molecular weight excluding hydrogens is 346 g/mol. The van der Waals surface area contributed by atoms with Crippen LogP contribution in [0.4, 0.5) is 5.69 Å². The number of anilines is 1. The molecule has 1 aliphatic rings. The zero-order chi connectivity index (χ0) is 19.2. The van der Waals surface area contributed by atoms with Crippen LogP contribution in [0.2, 0.25) is 0 Å². The van der Waals surface area contributed by atoms with Gasteiger partial charge in [0.05, 0.1) is 0 Å². The molecular formula is C21H21NO5. The maximum atomic E-state index is 12.2. The molecule has 6 heteroatoms. The zero-order valence-electron chi connectivity index (χ0n) is 15.1. The van der Waals surface area contributed by atoms with Crippen molar-refractivity contribution < 1.29 is 23.9 Å². The summed E-state index contributed by atoms with van der Waals surface area (Å²) in [7, 11) is 0. The number of hydrogen-bond donors (Lipinski definition) is 0. The first-order valence-corrected chi connectivity index (χ1v) is 8.82. The Hall–Kier alpha value is -3.15. The van der Waals surface area contributed by atoms with Gasteiger partial charge in [0.15, 0.2) is 19.0 Å². The molecule has 0 saturated carbocycles. The molecule has 1 heterocycles. The minimum Gasteiger partial charge on any atom is -0.482 e. The Balaban J connectivity index is 1.48. The topological polar surface area (TPSA) is 72.9 Å². The summed E-state index contributed by atoms with van der Waals surface area (Å²) in [6.07, 6.45) is 1.40. The standard InChI is InChI=1S/C21H21NO5/c1-15-5-2-3-6-19(15)26-14-21(25)27-13-18(23)16-8-10-17(11-9-16)22-12-4-7-20(22)24/h2-3,5-6,8-11H,4,7,12-14H2,1H3. The molecule has 140 valence electrons. The quantitative estimate of drug-likeness (QED) is 0.556. The van der Waals surface area contributed by atoms with Crippen molar-refractivity contribution in [2.75, 3.05) is 24.7 Å². The van der Waals surface area contributed by atoms with Crippen LogP contribution in [0.15, 0.2) is 48.5 Å². The van der Waals surface area contributed by atoms with Crippen molar-refractivity contribution in [3.63, 3.8) is 0 Å². The third-order valence-corrected chi connectivity index (χ3v) is 4.38. The van der Waals surface area contributed by atoms with E-state index in [2.05, 4.69) is 0 Å². The Bertz CT molecular complexity index is 844. The lowest BCUT2D eigenvalue weighted by Crippen LogP contribution is -2.23. The number of aryl methyl sites for hydroxylation is 1. The van der Waals surface area contributed by atoms with E-state index in [1.54, 1.807) is 35.2 Å². The number of rotatable bonds is 7. The smallest absolute Gasteiger partial charge is 0.344 e. The first-order valence-electron chi connectivity index (χ1n) is 8.82. The van der Waals surface area contributed by atoms with E-state index < -0.39 is 5.97 Å². The van der Waals surface area contributed by atoms with Gasteiger partial charge in [-0.3, -0.25) is 9.59 Å².